The summed E-state index contributed by atoms with van der Waals surface area (Å²) in [6, 6.07) is 5.01. The molecule has 0 spiro atoms. The van der Waals surface area contributed by atoms with Crippen molar-refractivity contribution in [2.45, 2.75) is 5.25 Å². The van der Waals surface area contributed by atoms with Gasteiger partial charge in [0.05, 0.1) is 10.7 Å². The number of halogens is 1. The molecule has 1 unspecified atom stereocenters. The number of rotatable bonds is 3. The van der Waals surface area contributed by atoms with Crippen LogP contribution in [0.25, 0.3) is 0 Å². The summed E-state index contributed by atoms with van der Waals surface area (Å²) in [6.45, 7) is 0. The first kappa shape index (κ1) is 11.2. The average molecular weight is 232 g/mol. The van der Waals surface area contributed by atoms with Crippen LogP contribution in [0.2, 0.25) is 5.02 Å². The molecule has 0 radical (unpaired) electrons. The maximum Gasteiger partial charge on any atom is 0.321 e. The van der Waals surface area contributed by atoms with Gasteiger partial charge in [-0.05, 0) is 12.3 Å². The van der Waals surface area contributed by atoms with Gasteiger partial charge in [0.2, 0.25) is 0 Å². The Morgan fingerprint density at radius 1 is 1.64 bits per heavy atom. The maximum absolute atomic E-state index is 10.9. The zero-order valence-corrected chi connectivity index (χ0v) is 9.10. The second kappa shape index (κ2) is 4.57. The van der Waals surface area contributed by atoms with Gasteiger partial charge >= 0.3 is 5.97 Å². The molecule has 1 rings (SSSR count). The second-order valence-corrected chi connectivity index (χ2v) is 4.05. The van der Waals surface area contributed by atoms with Gasteiger partial charge in [0.1, 0.15) is 5.25 Å². The Hall–Kier alpha value is -0.870. The van der Waals surface area contributed by atoms with Gasteiger partial charge in [-0.3, -0.25) is 4.79 Å². The molecule has 0 aliphatic heterocycles. The number of carboxylic acids is 1. The van der Waals surface area contributed by atoms with E-state index in [0.717, 1.165) is 0 Å². The van der Waals surface area contributed by atoms with Crippen molar-refractivity contribution in [3.05, 3.63) is 28.8 Å². The third-order valence-electron chi connectivity index (χ3n) is 1.83. The van der Waals surface area contributed by atoms with Crippen molar-refractivity contribution < 1.29 is 9.90 Å². The van der Waals surface area contributed by atoms with Crippen molar-refractivity contribution in [2.75, 3.05) is 12.0 Å². The van der Waals surface area contributed by atoms with E-state index >= 15 is 0 Å². The molecule has 76 valence electrons. The van der Waals surface area contributed by atoms with Gasteiger partial charge < -0.3 is 10.8 Å². The van der Waals surface area contributed by atoms with Crippen LogP contribution in [-0.4, -0.2) is 17.3 Å². The van der Waals surface area contributed by atoms with E-state index in [0.29, 0.717) is 16.3 Å². The summed E-state index contributed by atoms with van der Waals surface area (Å²) in [6.07, 6.45) is 1.72. The predicted octanol–water partition coefficient (Wildman–Crippen LogP) is 2.41. The molecule has 5 heteroatoms. The summed E-state index contributed by atoms with van der Waals surface area (Å²) in [5.41, 5.74) is 6.58. The Morgan fingerprint density at radius 3 is 2.79 bits per heavy atom. The van der Waals surface area contributed by atoms with Crippen LogP contribution in [0.1, 0.15) is 10.8 Å². The molecule has 1 aromatic rings. The van der Waals surface area contributed by atoms with Gasteiger partial charge in [-0.15, -0.1) is 11.8 Å². The largest absolute Gasteiger partial charge is 0.480 e. The predicted molar refractivity (Wildman–Crippen MR) is 59.8 cm³/mol. The molecule has 1 atom stereocenters. The third kappa shape index (κ3) is 2.13. The van der Waals surface area contributed by atoms with Gasteiger partial charge in [-0.1, -0.05) is 23.7 Å². The van der Waals surface area contributed by atoms with Crippen LogP contribution in [0, 0.1) is 0 Å². The summed E-state index contributed by atoms with van der Waals surface area (Å²) >= 11 is 7.01. The Balaban J connectivity index is 3.16. The van der Waals surface area contributed by atoms with Crippen LogP contribution < -0.4 is 5.73 Å². The lowest BCUT2D eigenvalue weighted by atomic mass is 10.1. The van der Waals surface area contributed by atoms with E-state index in [-0.39, 0.29) is 0 Å². The van der Waals surface area contributed by atoms with Crippen molar-refractivity contribution in [1.29, 1.82) is 0 Å². The van der Waals surface area contributed by atoms with Crippen LogP contribution >= 0.6 is 23.4 Å². The first-order valence-corrected chi connectivity index (χ1v) is 5.54. The van der Waals surface area contributed by atoms with E-state index in [4.69, 9.17) is 22.4 Å². The molecule has 1 aromatic carbocycles. The quantitative estimate of drug-likeness (QED) is 0.785. The zero-order chi connectivity index (χ0) is 10.7. The van der Waals surface area contributed by atoms with Crippen LogP contribution in [-0.2, 0) is 4.79 Å². The molecular formula is C9H10ClNO2S. The second-order valence-electron chi connectivity index (χ2n) is 2.70. The maximum atomic E-state index is 10.9. The highest BCUT2D eigenvalue weighted by atomic mass is 35.5. The summed E-state index contributed by atoms with van der Waals surface area (Å²) in [7, 11) is 0. The highest BCUT2D eigenvalue weighted by Gasteiger charge is 2.21. The Labute approximate surface area is 91.2 Å². The van der Waals surface area contributed by atoms with Gasteiger partial charge in [-0.2, -0.15) is 0 Å². The highest BCUT2D eigenvalue weighted by Crippen LogP contribution is 2.34. The van der Waals surface area contributed by atoms with Crippen molar-refractivity contribution >= 4 is 35.0 Å². The average Bonchev–Trinajstić information content (AvgIpc) is 2.13. The van der Waals surface area contributed by atoms with E-state index in [2.05, 4.69) is 0 Å². The monoisotopic (exact) mass is 231 g/mol. The minimum absolute atomic E-state index is 0.343. The molecule has 3 N–H and O–H groups in total. The van der Waals surface area contributed by atoms with Crippen LogP contribution in [0.5, 0.6) is 0 Å². The molecule has 0 bridgehead atoms. The van der Waals surface area contributed by atoms with Crippen molar-refractivity contribution in [2.24, 2.45) is 0 Å². The van der Waals surface area contributed by atoms with Crippen molar-refractivity contribution in [3.8, 4) is 0 Å². The van der Waals surface area contributed by atoms with Crippen molar-refractivity contribution in [3.63, 3.8) is 0 Å². The normalized spacial score (nSPS) is 12.4. The minimum Gasteiger partial charge on any atom is -0.480 e. The van der Waals surface area contributed by atoms with Crippen LogP contribution in [0.15, 0.2) is 18.2 Å². The lowest BCUT2D eigenvalue weighted by molar-refractivity contribution is -0.136. The fourth-order valence-corrected chi connectivity index (χ4v) is 1.99. The number of para-hydroxylation sites is 1. The number of anilines is 1. The smallest absolute Gasteiger partial charge is 0.321 e. The molecule has 0 aromatic heterocycles. The molecule has 0 aliphatic carbocycles. The molecule has 0 fully saturated rings. The first-order chi connectivity index (χ1) is 6.57. The molecule has 0 amide bonds. The molecule has 0 saturated carbocycles. The summed E-state index contributed by atoms with van der Waals surface area (Å²) < 4.78 is 0. The van der Waals surface area contributed by atoms with Gasteiger partial charge in [0.25, 0.3) is 0 Å². The molecule has 0 aliphatic rings. The fraction of sp³-hybridized carbons (Fsp3) is 0.222. The molecule has 14 heavy (non-hydrogen) atoms. The highest BCUT2D eigenvalue weighted by molar-refractivity contribution is 7.99. The lowest BCUT2D eigenvalue weighted by Gasteiger charge is -2.12. The van der Waals surface area contributed by atoms with E-state index in [1.54, 1.807) is 24.5 Å². The number of benzene rings is 1. The number of hydrogen-bond donors (Lipinski definition) is 2. The summed E-state index contributed by atoms with van der Waals surface area (Å²) in [5, 5.41) is 8.66. The topological polar surface area (TPSA) is 63.3 Å². The summed E-state index contributed by atoms with van der Waals surface area (Å²) in [4.78, 5) is 10.9. The molecule has 0 heterocycles. The van der Waals surface area contributed by atoms with E-state index < -0.39 is 11.2 Å². The Kier molecular flexibility index (Phi) is 3.66. The summed E-state index contributed by atoms with van der Waals surface area (Å²) in [5.74, 6) is -0.911. The standard InChI is InChI=1S/C9H10ClNO2S/c1-14-8(9(12)13)5-3-2-4-6(10)7(5)11/h2-4,8H,11H2,1H3,(H,12,13). The number of aliphatic carboxylic acids is 1. The first-order valence-electron chi connectivity index (χ1n) is 3.87. The third-order valence-corrected chi connectivity index (χ3v) is 3.09. The van der Waals surface area contributed by atoms with E-state index in [9.17, 15) is 4.79 Å². The number of nitrogen functional groups attached to an aromatic ring is 1. The Morgan fingerprint density at radius 2 is 2.29 bits per heavy atom. The minimum atomic E-state index is -0.911. The van der Waals surface area contributed by atoms with Gasteiger partial charge in [0.15, 0.2) is 0 Å². The lowest BCUT2D eigenvalue weighted by Crippen LogP contribution is -2.09. The molecule has 0 saturated heterocycles. The molecule has 3 nitrogen and oxygen atoms in total. The number of hydrogen-bond acceptors (Lipinski definition) is 3. The SMILES string of the molecule is CSC(C(=O)O)c1cccc(Cl)c1N. The molecular weight excluding hydrogens is 222 g/mol. The van der Waals surface area contributed by atoms with Gasteiger partial charge in [-0.25, -0.2) is 0 Å². The van der Waals surface area contributed by atoms with Crippen LogP contribution in [0.4, 0.5) is 5.69 Å². The Bertz CT molecular complexity index is 357. The number of carboxylic acid groups (broad SMARTS) is 1. The zero-order valence-electron chi connectivity index (χ0n) is 7.53. The van der Waals surface area contributed by atoms with Crippen molar-refractivity contribution in [1.82, 2.24) is 0 Å². The number of thioether (sulfide) groups is 1. The number of carbonyl (C=O) groups is 1. The van der Waals surface area contributed by atoms with E-state index in [1.165, 1.54) is 11.8 Å². The number of nitrogens with two attached hydrogens (primary N) is 1. The fourth-order valence-electron chi connectivity index (χ4n) is 1.14. The van der Waals surface area contributed by atoms with Gasteiger partial charge in [0, 0.05) is 5.56 Å². The van der Waals surface area contributed by atoms with Crippen LogP contribution in [0.3, 0.4) is 0 Å². The van der Waals surface area contributed by atoms with E-state index in [1.807, 2.05) is 0 Å².